The van der Waals surface area contributed by atoms with Crippen LogP contribution in [0.4, 0.5) is 0 Å². The molecule has 0 aliphatic heterocycles. The molecule has 0 bridgehead atoms. The first kappa shape index (κ1) is 14.0. The lowest BCUT2D eigenvalue weighted by molar-refractivity contribution is -0.133. The third kappa shape index (κ3) is 3.54. The van der Waals surface area contributed by atoms with E-state index in [2.05, 4.69) is 35.4 Å². The minimum atomic E-state index is -0.878. The van der Waals surface area contributed by atoms with E-state index in [1.165, 1.54) is 4.88 Å². The van der Waals surface area contributed by atoms with Crippen LogP contribution in [0.25, 0.3) is 0 Å². The Morgan fingerprint density at radius 1 is 1.58 bits per heavy atom. The van der Waals surface area contributed by atoms with Crippen molar-refractivity contribution in [1.82, 2.24) is 20.2 Å². The van der Waals surface area contributed by atoms with Crippen molar-refractivity contribution in [2.24, 2.45) is 0 Å². The van der Waals surface area contributed by atoms with Gasteiger partial charge in [0.1, 0.15) is 0 Å². The minimum Gasteiger partial charge on any atom is -0.481 e. The van der Waals surface area contributed by atoms with Gasteiger partial charge in [0.2, 0.25) is 5.16 Å². The number of thiophene rings is 1. The summed E-state index contributed by atoms with van der Waals surface area (Å²) < 4.78 is 1.66. The molecule has 6 nitrogen and oxygen atoms in total. The molecule has 0 saturated heterocycles. The average molecular weight is 298 g/mol. The van der Waals surface area contributed by atoms with Crippen LogP contribution in [0.15, 0.2) is 22.7 Å². The number of aliphatic carboxylic acids is 1. The van der Waals surface area contributed by atoms with Crippen LogP contribution in [-0.4, -0.2) is 37.0 Å². The summed E-state index contributed by atoms with van der Waals surface area (Å²) in [5.41, 5.74) is -0.0952. The van der Waals surface area contributed by atoms with E-state index in [0.29, 0.717) is 11.7 Å². The van der Waals surface area contributed by atoms with Crippen molar-refractivity contribution >= 4 is 29.1 Å². The highest BCUT2D eigenvalue weighted by molar-refractivity contribution is 7.99. The summed E-state index contributed by atoms with van der Waals surface area (Å²) >= 11 is 2.82. The quantitative estimate of drug-likeness (QED) is 0.820. The molecular weight excluding hydrogens is 284 g/mol. The topological polar surface area (TPSA) is 80.9 Å². The monoisotopic (exact) mass is 298 g/mol. The predicted octanol–water partition coefficient (Wildman–Crippen LogP) is 1.89. The summed E-state index contributed by atoms with van der Waals surface area (Å²) in [6.45, 7) is 4.85. The van der Waals surface area contributed by atoms with Crippen molar-refractivity contribution in [3.05, 3.63) is 22.4 Å². The van der Waals surface area contributed by atoms with Gasteiger partial charge >= 0.3 is 5.97 Å². The van der Waals surface area contributed by atoms with Crippen LogP contribution in [0, 0.1) is 0 Å². The van der Waals surface area contributed by atoms with E-state index in [-0.39, 0.29) is 11.2 Å². The molecule has 2 heterocycles. The molecule has 8 heteroatoms. The molecular formula is C11H14N4O2S2. The molecule has 0 unspecified atom stereocenters. The number of aromatic nitrogens is 4. The van der Waals surface area contributed by atoms with Gasteiger partial charge < -0.3 is 5.11 Å². The van der Waals surface area contributed by atoms with E-state index in [4.69, 9.17) is 5.11 Å². The van der Waals surface area contributed by atoms with E-state index < -0.39 is 5.97 Å². The molecule has 0 aromatic carbocycles. The van der Waals surface area contributed by atoms with Gasteiger partial charge in [0.05, 0.1) is 12.3 Å². The Bertz CT molecular complexity index is 551. The number of carbonyl (C=O) groups is 1. The molecule has 0 atom stereocenters. The summed E-state index contributed by atoms with van der Waals surface area (Å²) in [5.74, 6) is -0.920. The molecule has 0 saturated carbocycles. The highest BCUT2D eigenvalue weighted by Crippen LogP contribution is 2.30. The molecule has 0 amide bonds. The number of hydrogen-bond acceptors (Lipinski definition) is 6. The van der Waals surface area contributed by atoms with E-state index in [0.717, 1.165) is 11.8 Å². The van der Waals surface area contributed by atoms with Crippen molar-refractivity contribution < 1.29 is 9.90 Å². The van der Waals surface area contributed by atoms with E-state index >= 15 is 0 Å². The first-order chi connectivity index (χ1) is 8.99. The second-order valence-electron chi connectivity index (χ2n) is 4.66. The maximum atomic E-state index is 10.6. The second-order valence-corrected chi connectivity index (χ2v) is 6.55. The number of thioether (sulfide) groups is 1. The van der Waals surface area contributed by atoms with Gasteiger partial charge in [0, 0.05) is 10.3 Å². The number of nitrogens with zero attached hydrogens (tertiary/aromatic N) is 4. The highest BCUT2D eigenvalue weighted by Gasteiger charge is 2.24. The zero-order valence-electron chi connectivity index (χ0n) is 10.6. The Hall–Kier alpha value is -1.41. The Morgan fingerprint density at radius 2 is 2.37 bits per heavy atom. The van der Waals surface area contributed by atoms with Crippen molar-refractivity contribution in [1.29, 1.82) is 0 Å². The summed E-state index contributed by atoms with van der Waals surface area (Å²) in [4.78, 5) is 11.8. The van der Waals surface area contributed by atoms with Crippen LogP contribution in [0.1, 0.15) is 18.7 Å². The fourth-order valence-corrected chi connectivity index (χ4v) is 3.08. The number of hydrogen-bond donors (Lipinski definition) is 1. The molecule has 0 radical (unpaired) electrons. The van der Waals surface area contributed by atoms with Crippen molar-refractivity contribution in [2.45, 2.75) is 31.0 Å². The molecule has 2 rings (SSSR count). The zero-order chi connectivity index (χ0) is 13.9. The van der Waals surface area contributed by atoms with Crippen LogP contribution in [0.3, 0.4) is 0 Å². The SMILES string of the molecule is CC(C)(Cn1nnnc1SCC(=O)O)c1cccs1. The predicted molar refractivity (Wildman–Crippen MR) is 73.5 cm³/mol. The largest absolute Gasteiger partial charge is 0.481 e. The molecule has 2 aromatic heterocycles. The molecule has 1 N–H and O–H groups in total. The van der Waals surface area contributed by atoms with Gasteiger partial charge in [-0.15, -0.1) is 16.4 Å². The van der Waals surface area contributed by atoms with Gasteiger partial charge in [-0.05, 0) is 21.9 Å². The van der Waals surface area contributed by atoms with Crippen molar-refractivity contribution in [2.75, 3.05) is 5.75 Å². The number of tetrazole rings is 1. The number of carboxylic acids is 1. The van der Waals surface area contributed by atoms with Gasteiger partial charge in [0.15, 0.2) is 0 Å². The molecule has 0 aliphatic carbocycles. The Balaban J connectivity index is 2.11. The standard InChI is InChI=1S/C11H14N4O2S2/c1-11(2,8-4-3-5-18-8)7-15-10(12-13-14-15)19-6-9(16)17/h3-5H,6-7H2,1-2H3,(H,16,17). The summed E-state index contributed by atoms with van der Waals surface area (Å²) in [5, 5.41) is 22.7. The molecule has 2 aromatic rings. The Labute approximate surface area is 118 Å². The lowest BCUT2D eigenvalue weighted by Gasteiger charge is -2.23. The third-order valence-electron chi connectivity index (χ3n) is 2.56. The fourth-order valence-electron chi connectivity index (χ4n) is 1.64. The van der Waals surface area contributed by atoms with Crippen LogP contribution >= 0.6 is 23.1 Å². The molecule has 102 valence electrons. The molecule has 0 aliphatic rings. The minimum absolute atomic E-state index is 0.0419. The molecule has 0 fully saturated rings. The van der Waals surface area contributed by atoms with E-state index in [9.17, 15) is 4.79 Å². The molecule has 0 spiro atoms. The first-order valence-electron chi connectivity index (χ1n) is 5.64. The lowest BCUT2D eigenvalue weighted by atomic mass is 9.92. The number of carboxylic acid groups (broad SMARTS) is 1. The highest BCUT2D eigenvalue weighted by atomic mass is 32.2. The van der Waals surface area contributed by atoms with Gasteiger partial charge in [-0.25, -0.2) is 4.68 Å². The lowest BCUT2D eigenvalue weighted by Crippen LogP contribution is -2.24. The zero-order valence-corrected chi connectivity index (χ0v) is 12.2. The maximum Gasteiger partial charge on any atom is 0.313 e. The van der Waals surface area contributed by atoms with Crippen LogP contribution in [0.5, 0.6) is 0 Å². The average Bonchev–Trinajstić information content (AvgIpc) is 2.96. The number of rotatable bonds is 6. The summed E-state index contributed by atoms with van der Waals surface area (Å²) in [6.07, 6.45) is 0. The third-order valence-corrected chi connectivity index (χ3v) is 4.73. The van der Waals surface area contributed by atoms with Gasteiger partial charge in [-0.2, -0.15) is 0 Å². The van der Waals surface area contributed by atoms with Gasteiger partial charge in [-0.1, -0.05) is 31.7 Å². The van der Waals surface area contributed by atoms with E-state index in [1.807, 2.05) is 11.4 Å². The first-order valence-corrected chi connectivity index (χ1v) is 7.50. The van der Waals surface area contributed by atoms with Gasteiger partial charge in [-0.3, -0.25) is 4.79 Å². The van der Waals surface area contributed by atoms with Crippen LogP contribution < -0.4 is 0 Å². The Morgan fingerprint density at radius 3 is 3.00 bits per heavy atom. The summed E-state index contributed by atoms with van der Waals surface area (Å²) in [7, 11) is 0. The van der Waals surface area contributed by atoms with Crippen LogP contribution in [0.2, 0.25) is 0 Å². The van der Waals surface area contributed by atoms with E-state index in [1.54, 1.807) is 16.0 Å². The fraction of sp³-hybridized carbons (Fsp3) is 0.455. The van der Waals surface area contributed by atoms with Crippen molar-refractivity contribution in [3.63, 3.8) is 0 Å². The Kier molecular flexibility index (Phi) is 4.20. The second kappa shape index (κ2) is 5.70. The molecule has 19 heavy (non-hydrogen) atoms. The maximum absolute atomic E-state index is 10.6. The van der Waals surface area contributed by atoms with Gasteiger partial charge in [0.25, 0.3) is 0 Å². The van der Waals surface area contributed by atoms with Crippen LogP contribution in [-0.2, 0) is 16.8 Å². The summed E-state index contributed by atoms with van der Waals surface area (Å²) in [6, 6.07) is 4.10. The van der Waals surface area contributed by atoms with Crippen molar-refractivity contribution in [3.8, 4) is 0 Å². The normalized spacial score (nSPS) is 11.7. The smallest absolute Gasteiger partial charge is 0.313 e.